The van der Waals surface area contributed by atoms with Crippen molar-refractivity contribution in [2.24, 2.45) is 5.73 Å². The van der Waals surface area contributed by atoms with Gasteiger partial charge in [-0.3, -0.25) is 0 Å². The number of fused-ring (bicyclic) bond motifs is 1. The van der Waals surface area contributed by atoms with Crippen LogP contribution in [0.4, 0.5) is 0 Å². The molecule has 0 saturated heterocycles. The number of nitrogens with two attached hydrogens (primary N) is 1. The highest BCUT2D eigenvalue weighted by Crippen LogP contribution is 2.29. The normalized spacial score (nSPS) is 20.9. The van der Waals surface area contributed by atoms with Crippen LogP contribution >= 0.6 is 0 Å². The third-order valence-corrected chi connectivity index (χ3v) is 3.16. The molecule has 2 N–H and O–H groups in total. The Labute approximate surface area is 85.3 Å². The fourth-order valence-corrected chi connectivity index (χ4v) is 2.37. The van der Waals surface area contributed by atoms with Gasteiger partial charge >= 0.3 is 0 Å². The number of imidazole rings is 1. The van der Waals surface area contributed by atoms with Crippen molar-refractivity contribution in [3.05, 3.63) is 17.7 Å². The molecule has 1 aromatic rings. The lowest BCUT2D eigenvalue weighted by atomic mass is 9.96. The van der Waals surface area contributed by atoms with Crippen molar-refractivity contribution in [3.8, 4) is 0 Å². The molecule has 0 aromatic carbocycles. The molecule has 2 rings (SSSR count). The number of nitrogens with zero attached hydrogens (tertiary/aromatic N) is 2. The molecule has 0 amide bonds. The maximum absolute atomic E-state index is 5.58. The Morgan fingerprint density at radius 2 is 2.50 bits per heavy atom. The second kappa shape index (κ2) is 4.13. The molecule has 1 aliphatic rings. The average Bonchev–Trinajstić information content (AvgIpc) is 2.62. The summed E-state index contributed by atoms with van der Waals surface area (Å²) in [6.07, 6.45) is 6.77. The molecule has 1 unspecified atom stereocenters. The summed E-state index contributed by atoms with van der Waals surface area (Å²) in [5.41, 5.74) is 6.90. The van der Waals surface area contributed by atoms with E-state index < -0.39 is 0 Å². The van der Waals surface area contributed by atoms with Crippen molar-refractivity contribution in [1.29, 1.82) is 0 Å². The van der Waals surface area contributed by atoms with Gasteiger partial charge in [-0.1, -0.05) is 6.92 Å². The summed E-state index contributed by atoms with van der Waals surface area (Å²) in [5, 5.41) is 0. The van der Waals surface area contributed by atoms with E-state index in [4.69, 9.17) is 5.73 Å². The summed E-state index contributed by atoms with van der Waals surface area (Å²) in [7, 11) is 0. The number of hydrogen-bond acceptors (Lipinski definition) is 2. The van der Waals surface area contributed by atoms with Crippen LogP contribution in [0, 0.1) is 0 Å². The summed E-state index contributed by atoms with van der Waals surface area (Å²) < 4.78 is 2.38. The molecule has 0 radical (unpaired) electrons. The molecule has 0 bridgehead atoms. The monoisotopic (exact) mass is 193 g/mol. The zero-order valence-corrected chi connectivity index (χ0v) is 8.87. The molecule has 3 heteroatoms. The van der Waals surface area contributed by atoms with Crippen LogP contribution in [0.5, 0.6) is 0 Å². The van der Waals surface area contributed by atoms with Gasteiger partial charge in [-0.25, -0.2) is 4.98 Å². The Morgan fingerprint density at radius 1 is 1.64 bits per heavy atom. The fourth-order valence-electron chi connectivity index (χ4n) is 2.37. The Hall–Kier alpha value is -0.830. The van der Waals surface area contributed by atoms with Crippen LogP contribution in [0.2, 0.25) is 0 Å². The Bertz CT molecular complexity index is 303. The quantitative estimate of drug-likeness (QED) is 0.793. The predicted molar refractivity (Wildman–Crippen MR) is 57.3 cm³/mol. The van der Waals surface area contributed by atoms with Gasteiger partial charge < -0.3 is 10.3 Å². The highest BCUT2D eigenvalue weighted by molar-refractivity contribution is 5.11. The summed E-state index contributed by atoms with van der Waals surface area (Å²) in [6, 6.07) is 0. The van der Waals surface area contributed by atoms with Gasteiger partial charge in [-0.15, -0.1) is 0 Å². The first-order valence-corrected chi connectivity index (χ1v) is 5.61. The van der Waals surface area contributed by atoms with Crippen molar-refractivity contribution in [2.75, 3.05) is 6.54 Å². The van der Waals surface area contributed by atoms with Crippen molar-refractivity contribution in [2.45, 2.75) is 45.1 Å². The van der Waals surface area contributed by atoms with Gasteiger partial charge in [0.05, 0.1) is 0 Å². The van der Waals surface area contributed by atoms with E-state index >= 15 is 0 Å². The van der Waals surface area contributed by atoms with Crippen LogP contribution < -0.4 is 5.73 Å². The molecule has 0 fully saturated rings. The van der Waals surface area contributed by atoms with Gasteiger partial charge in [0, 0.05) is 30.8 Å². The van der Waals surface area contributed by atoms with E-state index in [-0.39, 0.29) is 0 Å². The van der Waals surface area contributed by atoms with E-state index in [0.717, 1.165) is 19.5 Å². The number of aromatic nitrogens is 2. The van der Waals surface area contributed by atoms with Crippen molar-refractivity contribution < 1.29 is 0 Å². The van der Waals surface area contributed by atoms with E-state index in [0.29, 0.717) is 5.92 Å². The van der Waals surface area contributed by atoms with Gasteiger partial charge in [0.25, 0.3) is 0 Å². The smallest absolute Gasteiger partial charge is 0.111 e. The minimum absolute atomic E-state index is 0.676. The van der Waals surface area contributed by atoms with Gasteiger partial charge in [-0.05, 0) is 25.8 Å². The highest BCUT2D eigenvalue weighted by atomic mass is 15.1. The Morgan fingerprint density at radius 3 is 3.21 bits per heavy atom. The van der Waals surface area contributed by atoms with Crippen molar-refractivity contribution in [1.82, 2.24) is 9.55 Å². The molecular weight excluding hydrogens is 174 g/mol. The van der Waals surface area contributed by atoms with E-state index in [2.05, 4.69) is 16.5 Å². The second-order valence-electron chi connectivity index (χ2n) is 4.05. The maximum Gasteiger partial charge on any atom is 0.111 e. The first-order chi connectivity index (χ1) is 6.86. The molecule has 0 spiro atoms. The lowest BCUT2D eigenvalue weighted by molar-refractivity contribution is 0.427. The largest absolute Gasteiger partial charge is 0.332 e. The van der Waals surface area contributed by atoms with E-state index in [1.165, 1.54) is 30.8 Å². The fraction of sp³-hybridized carbons (Fsp3) is 0.727. The molecule has 1 atom stereocenters. The standard InChI is InChI=1S/C11H19N3/c1-2-9-4-3-7-14-10(5-6-12)8-13-11(9)14/h8-9H,2-7,12H2,1H3. The van der Waals surface area contributed by atoms with E-state index in [9.17, 15) is 0 Å². The average molecular weight is 193 g/mol. The SMILES string of the molecule is CCC1CCCn2c(CCN)cnc21. The molecule has 0 saturated carbocycles. The third kappa shape index (κ3) is 1.57. The highest BCUT2D eigenvalue weighted by Gasteiger charge is 2.21. The summed E-state index contributed by atoms with van der Waals surface area (Å²) in [6.45, 7) is 4.11. The summed E-state index contributed by atoms with van der Waals surface area (Å²) in [5.74, 6) is 1.97. The van der Waals surface area contributed by atoms with E-state index in [1.54, 1.807) is 0 Å². The molecule has 14 heavy (non-hydrogen) atoms. The minimum Gasteiger partial charge on any atom is -0.332 e. The Balaban J connectivity index is 2.28. The second-order valence-corrected chi connectivity index (χ2v) is 4.05. The van der Waals surface area contributed by atoms with Crippen LogP contribution in [0.25, 0.3) is 0 Å². The van der Waals surface area contributed by atoms with Crippen LogP contribution in [0.1, 0.15) is 43.6 Å². The topological polar surface area (TPSA) is 43.8 Å². The van der Waals surface area contributed by atoms with Gasteiger partial charge in [0.2, 0.25) is 0 Å². The van der Waals surface area contributed by atoms with E-state index in [1.807, 2.05) is 6.20 Å². The van der Waals surface area contributed by atoms with Gasteiger partial charge in [0.15, 0.2) is 0 Å². The van der Waals surface area contributed by atoms with Gasteiger partial charge in [0.1, 0.15) is 5.82 Å². The Kier molecular flexibility index (Phi) is 2.87. The molecule has 0 aliphatic carbocycles. The molecule has 78 valence electrons. The van der Waals surface area contributed by atoms with Crippen LogP contribution in [-0.2, 0) is 13.0 Å². The van der Waals surface area contributed by atoms with Crippen molar-refractivity contribution >= 4 is 0 Å². The zero-order chi connectivity index (χ0) is 9.97. The van der Waals surface area contributed by atoms with Crippen LogP contribution in [-0.4, -0.2) is 16.1 Å². The van der Waals surface area contributed by atoms with Crippen LogP contribution in [0.15, 0.2) is 6.20 Å². The molecular formula is C11H19N3. The summed E-state index contributed by atoms with van der Waals surface area (Å²) >= 11 is 0. The molecule has 1 aliphatic heterocycles. The molecule has 1 aromatic heterocycles. The number of hydrogen-bond donors (Lipinski definition) is 1. The summed E-state index contributed by atoms with van der Waals surface area (Å²) in [4.78, 5) is 4.54. The zero-order valence-electron chi connectivity index (χ0n) is 8.87. The first kappa shape index (κ1) is 9.71. The van der Waals surface area contributed by atoms with Gasteiger partial charge in [-0.2, -0.15) is 0 Å². The van der Waals surface area contributed by atoms with Crippen molar-refractivity contribution in [3.63, 3.8) is 0 Å². The lowest BCUT2D eigenvalue weighted by Crippen LogP contribution is -2.18. The lowest BCUT2D eigenvalue weighted by Gasteiger charge is -2.23. The maximum atomic E-state index is 5.58. The third-order valence-electron chi connectivity index (χ3n) is 3.16. The molecule has 2 heterocycles. The number of rotatable bonds is 3. The van der Waals surface area contributed by atoms with Crippen LogP contribution in [0.3, 0.4) is 0 Å². The minimum atomic E-state index is 0.676. The first-order valence-electron chi connectivity index (χ1n) is 5.61. The molecule has 3 nitrogen and oxygen atoms in total. The predicted octanol–water partition coefficient (Wildman–Crippen LogP) is 1.67.